The van der Waals surface area contributed by atoms with Gasteiger partial charge in [-0.2, -0.15) is 0 Å². The minimum Gasteiger partial charge on any atom is -0.462 e. The van der Waals surface area contributed by atoms with Crippen molar-refractivity contribution in [1.29, 1.82) is 0 Å². The lowest BCUT2D eigenvalue weighted by Gasteiger charge is -2.18. The molecular formula is C69H116O6. The Morgan fingerprint density at radius 1 is 0.280 bits per heavy atom. The first-order chi connectivity index (χ1) is 37.0. The molecule has 0 aromatic carbocycles. The fourth-order valence-electron chi connectivity index (χ4n) is 8.57. The lowest BCUT2D eigenvalue weighted by Crippen LogP contribution is -2.30. The number of allylic oxidation sites excluding steroid dienone is 18. The number of carbonyl (C=O) groups is 3. The fourth-order valence-corrected chi connectivity index (χ4v) is 8.57. The Labute approximate surface area is 463 Å². The summed E-state index contributed by atoms with van der Waals surface area (Å²) in [5.74, 6) is -0.941. The molecule has 0 aliphatic rings. The van der Waals surface area contributed by atoms with Crippen molar-refractivity contribution in [3.05, 3.63) is 109 Å². The SMILES string of the molecule is CC/C=C\C/C=C\C/C=C\C/C=C\C/C=C\C/C=C\C/C=C\C/C=C\CCCCC(=O)OCC(COC(=O)CCCCCCCCCCCCCCCC)OC(=O)CCCCCCC/C=C\CCCCCCCCC. The first-order valence-corrected chi connectivity index (χ1v) is 31.4. The third kappa shape index (κ3) is 60.8. The Morgan fingerprint density at radius 2 is 0.520 bits per heavy atom. The smallest absolute Gasteiger partial charge is 0.306 e. The molecule has 0 heterocycles. The summed E-state index contributed by atoms with van der Waals surface area (Å²) in [5, 5.41) is 0. The van der Waals surface area contributed by atoms with Crippen molar-refractivity contribution in [1.82, 2.24) is 0 Å². The van der Waals surface area contributed by atoms with Gasteiger partial charge in [-0.3, -0.25) is 14.4 Å². The molecule has 428 valence electrons. The molecule has 0 amide bonds. The zero-order chi connectivity index (χ0) is 54.3. The third-order valence-corrected chi connectivity index (χ3v) is 13.3. The molecule has 0 fully saturated rings. The molecule has 0 bridgehead atoms. The van der Waals surface area contributed by atoms with Gasteiger partial charge in [-0.05, 0) is 109 Å². The van der Waals surface area contributed by atoms with Crippen LogP contribution in [0.4, 0.5) is 0 Å². The number of esters is 3. The fraction of sp³-hybridized carbons (Fsp3) is 0.696. The first kappa shape index (κ1) is 71.1. The lowest BCUT2D eigenvalue weighted by atomic mass is 10.0. The number of carbonyl (C=O) groups excluding carboxylic acids is 3. The molecule has 0 saturated heterocycles. The van der Waals surface area contributed by atoms with Crippen LogP contribution >= 0.6 is 0 Å². The van der Waals surface area contributed by atoms with E-state index in [9.17, 15) is 14.4 Å². The molecule has 1 atom stereocenters. The second-order valence-electron chi connectivity index (χ2n) is 20.6. The Kier molecular flexibility index (Phi) is 59.3. The minimum atomic E-state index is -0.801. The van der Waals surface area contributed by atoms with E-state index in [1.165, 1.54) is 128 Å². The van der Waals surface area contributed by atoms with Gasteiger partial charge >= 0.3 is 17.9 Å². The van der Waals surface area contributed by atoms with E-state index in [4.69, 9.17) is 14.2 Å². The summed E-state index contributed by atoms with van der Waals surface area (Å²) in [6.07, 6.45) is 85.2. The van der Waals surface area contributed by atoms with E-state index in [0.717, 1.165) is 122 Å². The Morgan fingerprint density at radius 3 is 0.853 bits per heavy atom. The van der Waals surface area contributed by atoms with Crippen LogP contribution in [0.2, 0.25) is 0 Å². The highest BCUT2D eigenvalue weighted by atomic mass is 16.6. The highest BCUT2D eigenvalue weighted by Crippen LogP contribution is 2.15. The van der Waals surface area contributed by atoms with Crippen LogP contribution in [-0.2, 0) is 28.6 Å². The van der Waals surface area contributed by atoms with E-state index in [2.05, 4.69) is 130 Å². The molecule has 0 N–H and O–H groups in total. The maximum atomic E-state index is 12.9. The summed E-state index contributed by atoms with van der Waals surface area (Å²) in [6, 6.07) is 0. The van der Waals surface area contributed by atoms with Gasteiger partial charge in [0.15, 0.2) is 6.10 Å². The number of hydrogen-bond donors (Lipinski definition) is 0. The maximum Gasteiger partial charge on any atom is 0.306 e. The van der Waals surface area contributed by atoms with Crippen LogP contribution in [0.15, 0.2) is 109 Å². The predicted molar refractivity (Wildman–Crippen MR) is 325 cm³/mol. The molecular weight excluding hydrogens is 925 g/mol. The average Bonchev–Trinajstić information content (AvgIpc) is 3.41. The van der Waals surface area contributed by atoms with E-state index >= 15 is 0 Å². The van der Waals surface area contributed by atoms with Gasteiger partial charge < -0.3 is 14.2 Å². The number of rotatable bonds is 56. The van der Waals surface area contributed by atoms with Gasteiger partial charge in [-0.15, -0.1) is 0 Å². The van der Waals surface area contributed by atoms with Gasteiger partial charge in [0.1, 0.15) is 13.2 Å². The second kappa shape index (κ2) is 62.6. The summed E-state index contributed by atoms with van der Waals surface area (Å²) >= 11 is 0. The van der Waals surface area contributed by atoms with E-state index in [0.29, 0.717) is 19.3 Å². The normalized spacial score (nSPS) is 12.8. The number of ether oxygens (including phenoxy) is 3. The highest BCUT2D eigenvalue weighted by molar-refractivity contribution is 5.71. The molecule has 0 aliphatic carbocycles. The molecule has 0 rings (SSSR count). The van der Waals surface area contributed by atoms with E-state index in [1.807, 2.05) is 0 Å². The molecule has 0 aromatic rings. The van der Waals surface area contributed by atoms with Gasteiger partial charge in [-0.25, -0.2) is 0 Å². The zero-order valence-electron chi connectivity index (χ0n) is 49.0. The Bertz CT molecular complexity index is 1520. The van der Waals surface area contributed by atoms with Crippen LogP contribution in [-0.4, -0.2) is 37.2 Å². The van der Waals surface area contributed by atoms with Gasteiger partial charge in [0.25, 0.3) is 0 Å². The monoisotopic (exact) mass is 1040 g/mol. The van der Waals surface area contributed by atoms with Gasteiger partial charge in [-0.1, -0.05) is 271 Å². The van der Waals surface area contributed by atoms with E-state index in [1.54, 1.807) is 0 Å². The predicted octanol–water partition coefficient (Wildman–Crippen LogP) is 21.4. The van der Waals surface area contributed by atoms with Crippen molar-refractivity contribution in [2.24, 2.45) is 0 Å². The number of unbranched alkanes of at least 4 members (excludes halogenated alkanes) is 27. The average molecular weight is 1040 g/mol. The molecule has 6 heteroatoms. The minimum absolute atomic E-state index is 0.0937. The standard InChI is InChI=1S/C69H116O6/c1-4-7-10-13-16-19-22-25-28-30-31-32-33-34-35-36-37-38-39-40-42-44-47-50-53-56-59-62-68(71)74-65-66(64-73-67(70)61-58-55-52-49-46-43-27-24-21-18-15-12-9-6-3)75-69(72)63-60-57-54-51-48-45-41-29-26-23-20-17-14-11-8-5-2/h7,10,16,19,25,28-29,31-32,34-35,37-38,40-42,47,50,66H,4-6,8-9,11-15,17-18,20-24,26-27,30,33,36,39,43-46,48-49,51-65H2,1-3H3/b10-7-,19-16-,28-25-,32-31-,35-34-,38-37-,41-29-,42-40-,50-47-. The topological polar surface area (TPSA) is 78.9 Å². The summed E-state index contributed by atoms with van der Waals surface area (Å²) in [7, 11) is 0. The largest absolute Gasteiger partial charge is 0.462 e. The van der Waals surface area contributed by atoms with Gasteiger partial charge in [0.2, 0.25) is 0 Å². The molecule has 6 nitrogen and oxygen atoms in total. The molecule has 0 aliphatic heterocycles. The Balaban J connectivity index is 4.43. The van der Waals surface area contributed by atoms with Gasteiger partial charge in [0, 0.05) is 19.3 Å². The van der Waals surface area contributed by atoms with Crippen molar-refractivity contribution < 1.29 is 28.6 Å². The van der Waals surface area contributed by atoms with Gasteiger partial charge in [0.05, 0.1) is 0 Å². The summed E-state index contributed by atoms with van der Waals surface area (Å²) in [6.45, 7) is 6.50. The summed E-state index contributed by atoms with van der Waals surface area (Å²) in [5.41, 5.74) is 0. The van der Waals surface area contributed by atoms with Crippen LogP contribution in [0.1, 0.15) is 290 Å². The number of hydrogen-bond acceptors (Lipinski definition) is 6. The maximum absolute atomic E-state index is 12.9. The van der Waals surface area contributed by atoms with Crippen LogP contribution in [0, 0.1) is 0 Å². The summed E-state index contributed by atoms with van der Waals surface area (Å²) < 4.78 is 16.9. The van der Waals surface area contributed by atoms with Crippen molar-refractivity contribution in [3.8, 4) is 0 Å². The lowest BCUT2D eigenvalue weighted by molar-refractivity contribution is -0.167. The van der Waals surface area contributed by atoms with Crippen LogP contribution in [0.25, 0.3) is 0 Å². The van der Waals surface area contributed by atoms with E-state index < -0.39 is 6.10 Å². The molecule has 0 spiro atoms. The molecule has 0 saturated carbocycles. The summed E-state index contributed by atoms with van der Waals surface area (Å²) in [4.78, 5) is 38.2. The molecule has 1 unspecified atom stereocenters. The van der Waals surface area contributed by atoms with Crippen molar-refractivity contribution in [3.63, 3.8) is 0 Å². The van der Waals surface area contributed by atoms with Crippen LogP contribution < -0.4 is 0 Å². The van der Waals surface area contributed by atoms with Crippen molar-refractivity contribution >= 4 is 17.9 Å². The van der Waals surface area contributed by atoms with Crippen LogP contribution in [0.3, 0.4) is 0 Å². The van der Waals surface area contributed by atoms with Crippen molar-refractivity contribution in [2.75, 3.05) is 13.2 Å². The second-order valence-corrected chi connectivity index (χ2v) is 20.6. The molecule has 0 radical (unpaired) electrons. The van der Waals surface area contributed by atoms with Crippen LogP contribution in [0.5, 0.6) is 0 Å². The molecule has 75 heavy (non-hydrogen) atoms. The first-order valence-electron chi connectivity index (χ1n) is 31.4. The van der Waals surface area contributed by atoms with E-state index in [-0.39, 0.29) is 31.1 Å². The molecule has 0 aromatic heterocycles. The highest BCUT2D eigenvalue weighted by Gasteiger charge is 2.19. The third-order valence-electron chi connectivity index (χ3n) is 13.3. The van der Waals surface area contributed by atoms with Crippen molar-refractivity contribution in [2.45, 2.75) is 297 Å². The Hall–Kier alpha value is -3.93. The quantitative estimate of drug-likeness (QED) is 0.0261. The zero-order valence-corrected chi connectivity index (χ0v) is 49.0.